The standard InChI is InChI=1S/C26H38N4O4/c1-20(18-28(3)16-15-22-7-11-24(33-5)12-8-22)30(29(4)19-21(2)31)26(32)27-17-23-9-13-25(34-6)14-10-23/h7-14,20H,15-19H2,1-6H3,(H,27,32)/t20-/m1/s1. The molecule has 0 saturated carbocycles. The zero-order valence-corrected chi connectivity index (χ0v) is 21.2. The van der Waals surface area contributed by atoms with Crippen molar-refractivity contribution in [2.24, 2.45) is 0 Å². The Morgan fingerprint density at radius 2 is 1.44 bits per heavy atom. The lowest BCUT2D eigenvalue weighted by atomic mass is 10.1. The van der Waals surface area contributed by atoms with E-state index in [2.05, 4.69) is 22.3 Å². The molecule has 1 N–H and O–H groups in total. The average Bonchev–Trinajstić information content (AvgIpc) is 2.81. The monoisotopic (exact) mass is 470 g/mol. The normalized spacial score (nSPS) is 11.9. The highest BCUT2D eigenvalue weighted by molar-refractivity contribution is 5.79. The van der Waals surface area contributed by atoms with Crippen LogP contribution in [0.3, 0.4) is 0 Å². The molecule has 8 nitrogen and oxygen atoms in total. The molecular weight excluding hydrogens is 432 g/mol. The van der Waals surface area contributed by atoms with Crippen LogP contribution in [0.2, 0.25) is 0 Å². The molecule has 34 heavy (non-hydrogen) atoms. The van der Waals surface area contributed by atoms with Gasteiger partial charge in [0, 0.05) is 26.7 Å². The molecule has 8 heteroatoms. The van der Waals surface area contributed by atoms with Gasteiger partial charge >= 0.3 is 6.03 Å². The highest BCUT2D eigenvalue weighted by atomic mass is 16.5. The smallest absolute Gasteiger partial charge is 0.332 e. The van der Waals surface area contributed by atoms with Crippen LogP contribution < -0.4 is 14.8 Å². The van der Waals surface area contributed by atoms with Crippen molar-refractivity contribution in [3.05, 3.63) is 59.7 Å². The number of ketones is 1. The van der Waals surface area contributed by atoms with Crippen molar-refractivity contribution < 1.29 is 19.1 Å². The molecule has 0 aliphatic carbocycles. The van der Waals surface area contributed by atoms with Crippen LogP contribution in [0.4, 0.5) is 4.79 Å². The van der Waals surface area contributed by atoms with Gasteiger partial charge in [-0.15, -0.1) is 0 Å². The number of hydrazine groups is 1. The van der Waals surface area contributed by atoms with Crippen LogP contribution in [-0.2, 0) is 17.8 Å². The van der Waals surface area contributed by atoms with Crippen molar-refractivity contribution in [1.82, 2.24) is 20.2 Å². The Morgan fingerprint density at radius 3 is 1.94 bits per heavy atom. The van der Waals surface area contributed by atoms with E-state index in [0.29, 0.717) is 13.1 Å². The second-order valence-corrected chi connectivity index (χ2v) is 8.58. The minimum atomic E-state index is -0.240. The second kappa shape index (κ2) is 13.6. The van der Waals surface area contributed by atoms with Crippen molar-refractivity contribution in [3.63, 3.8) is 0 Å². The molecule has 2 aromatic rings. The molecule has 0 spiro atoms. The molecule has 186 valence electrons. The number of amides is 2. The average molecular weight is 471 g/mol. The number of hydrogen-bond acceptors (Lipinski definition) is 6. The van der Waals surface area contributed by atoms with Gasteiger partial charge in [0.2, 0.25) is 0 Å². The lowest BCUT2D eigenvalue weighted by molar-refractivity contribution is -0.121. The lowest BCUT2D eigenvalue weighted by Gasteiger charge is -2.37. The fourth-order valence-electron chi connectivity index (χ4n) is 3.82. The molecule has 0 aliphatic heterocycles. The fraction of sp³-hybridized carbons (Fsp3) is 0.462. The lowest BCUT2D eigenvalue weighted by Crippen LogP contribution is -2.56. The van der Waals surface area contributed by atoms with Crippen molar-refractivity contribution in [2.45, 2.75) is 32.9 Å². The van der Waals surface area contributed by atoms with Gasteiger partial charge in [0.1, 0.15) is 17.3 Å². The quantitative estimate of drug-likeness (QED) is 0.453. The van der Waals surface area contributed by atoms with E-state index in [4.69, 9.17) is 9.47 Å². The summed E-state index contributed by atoms with van der Waals surface area (Å²) in [6.07, 6.45) is 0.889. The van der Waals surface area contributed by atoms with Crippen LogP contribution in [0.25, 0.3) is 0 Å². The van der Waals surface area contributed by atoms with Gasteiger partial charge in [0.15, 0.2) is 0 Å². The van der Waals surface area contributed by atoms with Gasteiger partial charge in [0.05, 0.1) is 26.8 Å². The van der Waals surface area contributed by atoms with Crippen molar-refractivity contribution in [2.75, 3.05) is 47.9 Å². The van der Waals surface area contributed by atoms with E-state index in [9.17, 15) is 9.59 Å². The van der Waals surface area contributed by atoms with Crippen LogP contribution >= 0.6 is 0 Å². The maximum absolute atomic E-state index is 13.1. The first-order valence-electron chi connectivity index (χ1n) is 11.5. The predicted molar refractivity (Wildman–Crippen MR) is 134 cm³/mol. The number of methoxy groups -OCH3 is 2. The summed E-state index contributed by atoms with van der Waals surface area (Å²) < 4.78 is 10.4. The third kappa shape index (κ3) is 8.68. The Bertz CT molecular complexity index is 902. The topological polar surface area (TPSA) is 74.4 Å². The summed E-state index contributed by atoms with van der Waals surface area (Å²) in [6, 6.07) is 15.2. The van der Waals surface area contributed by atoms with Crippen LogP contribution in [-0.4, -0.2) is 80.7 Å². The number of nitrogens with one attached hydrogen (secondary N) is 1. The van der Waals surface area contributed by atoms with Gasteiger partial charge in [-0.2, -0.15) is 0 Å². The molecule has 2 amide bonds. The summed E-state index contributed by atoms with van der Waals surface area (Å²) in [4.78, 5) is 27.1. The number of benzene rings is 2. The Balaban J connectivity index is 1.97. The number of Topliss-reactive ketones (excluding diaryl/α,β-unsaturated/α-hetero) is 1. The Labute approximate surface area is 203 Å². The number of rotatable bonds is 13. The molecule has 2 aromatic carbocycles. The third-order valence-corrected chi connectivity index (χ3v) is 5.56. The van der Waals surface area contributed by atoms with Crippen molar-refractivity contribution in [1.29, 1.82) is 0 Å². The molecule has 0 aliphatic rings. The first-order valence-corrected chi connectivity index (χ1v) is 11.5. The van der Waals surface area contributed by atoms with Gasteiger partial charge in [-0.1, -0.05) is 24.3 Å². The van der Waals surface area contributed by atoms with E-state index in [-0.39, 0.29) is 24.4 Å². The zero-order chi connectivity index (χ0) is 25.1. The van der Waals surface area contributed by atoms with Gasteiger partial charge < -0.3 is 19.7 Å². The van der Waals surface area contributed by atoms with Gasteiger partial charge in [0.25, 0.3) is 0 Å². The number of nitrogens with zero attached hydrogens (tertiary/aromatic N) is 3. The van der Waals surface area contributed by atoms with Crippen LogP contribution in [0, 0.1) is 0 Å². The molecule has 0 fully saturated rings. The first kappa shape index (κ1) is 27.1. The van der Waals surface area contributed by atoms with Gasteiger partial charge in [-0.25, -0.2) is 9.80 Å². The summed E-state index contributed by atoms with van der Waals surface area (Å²) >= 11 is 0. The number of carbonyl (C=O) groups is 2. The van der Waals surface area contributed by atoms with Gasteiger partial charge in [-0.05, 0) is 62.7 Å². The zero-order valence-electron chi connectivity index (χ0n) is 21.2. The molecule has 1 atom stereocenters. The largest absolute Gasteiger partial charge is 0.497 e. The van der Waals surface area contributed by atoms with Crippen molar-refractivity contribution >= 4 is 11.8 Å². The summed E-state index contributed by atoms with van der Waals surface area (Å²) in [6.45, 7) is 5.56. The van der Waals surface area contributed by atoms with E-state index >= 15 is 0 Å². The Morgan fingerprint density at radius 1 is 0.912 bits per heavy atom. The summed E-state index contributed by atoms with van der Waals surface area (Å²) in [5.74, 6) is 1.61. The van der Waals surface area contributed by atoms with Crippen LogP contribution in [0.1, 0.15) is 25.0 Å². The first-order chi connectivity index (χ1) is 16.2. The number of carbonyl (C=O) groups excluding carboxylic acids is 2. The molecule has 0 aromatic heterocycles. The Hall–Kier alpha value is -3.10. The molecule has 0 heterocycles. The minimum Gasteiger partial charge on any atom is -0.497 e. The molecule has 2 rings (SSSR count). The summed E-state index contributed by atoms with van der Waals surface area (Å²) in [5, 5.41) is 6.30. The minimum absolute atomic E-state index is 0.00415. The summed E-state index contributed by atoms with van der Waals surface area (Å²) in [7, 11) is 7.09. The maximum Gasteiger partial charge on any atom is 0.332 e. The highest BCUT2D eigenvalue weighted by Crippen LogP contribution is 2.13. The van der Waals surface area contributed by atoms with E-state index in [1.165, 1.54) is 12.5 Å². The third-order valence-electron chi connectivity index (χ3n) is 5.56. The maximum atomic E-state index is 13.1. The van der Waals surface area contributed by atoms with Crippen LogP contribution in [0.5, 0.6) is 11.5 Å². The van der Waals surface area contributed by atoms with E-state index in [1.54, 1.807) is 31.3 Å². The van der Waals surface area contributed by atoms with E-state index in [1.807, 2.05) is 50.4 Å². The molecular formula is C26H38N4O4. The number of likely N-dealkylation sites (N-methyl/N-ethyl adjacent to an activating group) is 2. The summed E-state index contributed by atoms with van der Waals surface area (Å²) in [5.41, 5.74) is 2.19. The SMILES string of the molecule is COc1ccc(CCN(C)C[C@@H](C)N(C(=O)NCc2ccc(OC)cc2)N(C)CC(C)=O)cc1. The molecule has 0 unspecified atom stereocenters. The number of urea groups is 1. The Kier molecular flexibility index (Phi) is 10.8. The van der Waals surface area contributed by atoms with Gasteiger partial charge in [-0.3, -0.25) is 9.80 Å². The molecule has 0 saturated heterocycles. The number of ether oxygens (including phenoxy) is 2. The highest BCUT2D eigenvalue weighted by Gasteiger charge is 2.26. The molecule has 0 radical (unpaired) electrons. The van der Waals surface area contributed by atoms with E-state index in [0.717, 1.165) is 30.0 Å². The molecule has 0 bridgehead atoms. The van der Waals surface area contributed by atoms with Crippen molar-refractivity contribution in [3.8, 4) is 11.5 Å². The fourth-order valence-corrected chi connectivity index (χ4v) is 3.82. The predicted octanol–water partition coefficient (Wildman–Crippen LogP) is 3.21. The second-order valence-electron chi connectivity index (χ2n) is 8.58. The van der Waals surface area contributed by atoms with E-state index < -0.39 is 0 Å². The van der Waals surface area contributed by atoms with Crippen LogP contribution in [0.15, 0.2) is 48.5 Å². The number of hydrogen-bond donors (Lipinski definition) is 1.